The summed E-state index contributed by atoms with van der Waals surface area (Å²) < 4.78 is 0. The van der Waals surface area contributed by atoms with E-state index in [1.807, 2.05) is 0 Å². The van der Waals surface area contributed by atoms with E-state index in [2.05, 4.69) is 10.6 Å². The highest BCUT2D eigenvalue weighted by Crippen LogP contribution is 2.09. The summed E-state index contributed by atoms with van der Waals surface area (Å²) in [6.45, 7) is 1.77. The van der Waals surface area contributed by atoms with Crippen LogP contribution in [0.25, 0.3) is 0 Å². The molecule has 0 atom stereocenters. The van der Waals surface area contributed by atoms with E-state index in [1.54, 1.807) is 6.92 Å². The van der Waals surface area contributed by atoms with Gasteiger partial charge in [0.05, 0.1) is 6.54 Å². The number of benzene rings is 1. The Morgan fingerprint density at radius 1 is 1.06 bits per heavy atom. The van der Waals surface area contributed by atoms with Crippen LogP contribution in [0.1, 0.15) is 17.3 Å². The largest absolute Gasteiger partial charge is 0.508 e. The molecule has 0 aliphatic rings. The quantitative estimate of drug-likeness (QED) is 0.510. The number of hydrogen-bond acceptors (Lipinski definition) is 4. The predicted octanol–water partition coefficient (Wildman–Crippen LogP) is -0.173. The van der Waals surface area contributed by atoms with Crippen molar-refractivity contribution < 1.29 is 19.5 Å². The van der Waals surface area contributed by atoms with Crippen LogP contribution in [0.2, 0.25) is 0 Å². The van der Waals surface area contributed by atoms with Crippen molar-refractivity contribution in [1.29, 1.82) is 0 Å². The molecule has 0 aliphatic heterocycles. The molecule has 18 heavy (non-hydrogen) atoms. The summed E-state index contributed by atoms with van der Waals surface area (Å²) in [7, 11) is 0. The van der Waals surface area contributed by atoms with Gasteiger partial charge in [0.25, 0.3) is 0 Å². The van der Waals surface area contributed by atoms with Gasteiger partial charge in [0.1, 0.15) is 5.75 Å². The zero-order valence-electron chi connectivity index (χ0n) is 9.90. The van der Waals surface area contributed by atoms with Gasteiger partial charge in [0, 0.05) is 12.1 Å². The summed E-state index contributed by atoms with van der Waals surface area (Å²) in [4.78, 5) is 33.9. The Labute approximate surface area is 104 Å². The van der Waals surface area contributed by atoms with E-state index < -0.39 is 11.8 Å². The number of carbonyl (C=O) groups is 3. The van der Waals surface area contributed by atoms with Gasteiger partial charge in [0.2, 0.25) is 0 Å². The SMILES string of the molecule is CCNC(=O)C(=O)NCC(=O)c1ccc(O)cc1. The summed E-state index contributed by atoms with van der Waals surface area (Å²) in [5.41, 5.74) is 0.351. The zero-order valence-corrected chi connectivity index (χ0v) is 9.90. The van der Waals surface area contributed by atoms with E-state index in [0.717, 1.165) is 0 Å². The zero-order chi connectivity index (χ0) is 13.5. The van der Waals surface area contributed by atoms with Gasteiger partial charge in [-0.15, -0.1) is 0 Å². The number of Topliss-reactive ketones (excluding diaryl/α,β-unsaturated/α-hetero) is 1. The van der Waals surface area contributed by atoms with Crippen LogP contribution in [0, 0.1) is 0 Å². The fraction of sp³-hybridized carbons (Fsp3) is 0.250. The Morgan fingerprint density at radius 2 is 1.61 bits per heavy atom. The van der Waals surface area contributed by atoms with Crippen molar-refractivity contribution in [2.75, 3.05) is 13.1 Å². The number of carbonyl (C=O) groups excluding carboxylic acids is 3. The molecular formula is C12H14N2O4. The average Bonchev–Trinajstić information content (AvgIpc) is 2.36. The monoisotopic (exact) mass is 250 g/mol. The molecular weight excluding hydrogens is 236 g/mol. The third kappa shape index (κ3) is 3.89. The number of likely N-dealkylation sites (N-methyl/N-ethyl adjacent to an activating group) is 1. The summed E-state index contributed by atoms with van der Waals surface area (Å²) >= 11 is 0. The average molecular weight is 250 g/mol. The number of phenols is 1. The van der Waals surface area contributed by atoms with Crippen LogP contribution in [0.5, 0.6) is 5.75 Å². The highest BCUT2D eigenvalue weighted by atomic mass is 16.3. The number of rotatable bonds is 4. The van der Waals surface area contributed by atoms with E-state index >= 15 is 0 Å². The Kier molecular flexibility index (Phi) is 4.86. The second kappa shape index (κ2) is 6.39. The Bertz CT molecular complexity index is 454. The van der Waals surface area contributed by atoms with Gasteiger partial charge in [-0.25, -0.2) is 0 Å². The number of hydrogen-bond donors (Lipinski definition) is 3. The van der Waals surface area contributed by atoms with Crippen molar-refractivity contribution in [2.24, 2.45) is 0 Å². The summed E-state index contributed by atoms with van der Waals surface area (Å²) in [6.07, 6.45) is 0. The smallest absolute Gasteiger partial charge is 0.309 e. The molecule has 0 saturated heterocycles. The molecule has 0 aromatic heterocycles. The first-order valence-electron chi connectivity index (χ1n) is 5.43. The molecule has 0 unspecified atom stereocenters. The first-order chi connectivity index (χ1) is 8.54. The third-order valence-electron chi connectivity index (χ3n) is 2.14. The van der Waals surface area contributed by atoms with Crippen LogP contribution in [-0.4, -0.2) is 35.8 Å². The Balaban J connectivity index is 2.49. The molecule has 0 aliphatic carbocycles. The minimum absolute atomic E-state index is 0.0536. The predicted molar refractivity (Wildman–Crippen MR) is 64.1 cm³/mol. The van der Waals surface area contributed by atoms with Crippen molar-refractivity contribution in [3.05, 3.63) is 29.8 Å². The number of phenolic OH excluding ortho intramolecular Hbond substituents is 1. The molecule has 0 heterocycles. The number of nitrogens with one attached hydrogen (secondary N) is 2. The molecule has 0 fully saturated rings. The van der Waals surface area contributed by atoms with Crippen LogP contribution in [-0.2, 0) is 9.59 Å². The summed E-state index contributed by atoms with van der Waals surface area (Å²) in [5, 5.41) is 13.6. The van der Waals surface area contributed by atoms with Gasteiger partial charge < -0.3 is 15.7 Å². The van der Waals surface area contributed by atoms with Crippen molar-refractivity contribution in [3.8, 4) is 5.75 Å². The molecule has 0 spiro atoms. The van der Waals surface area contributed by atoms with E-state index in [9.17, 15) is 14.4 Å². The standard InChI is InChI=1S/C12H14N2O4/c1-2-13-11(17)12(18)14-7-10(16)8-3-5-9(15)6-4-8/h3-6,15H,2,7H2,1H3,(H,13,17)(H,14,18). The van der Waals surface area contributed by atoms with Gasteiger partial charge in [-0.05, 0) is 31.2 Å². The van der Waals surface area contributed by atoms with Gasteiger partial charge in [-0.3, -0.25) is 14.4 Å². The van der Waals surface area contributed by atoms with Crippen molar-refractivity contribution >= 4 is 17.6 Å². The minimum Gasteiger partial charge on any atom is -0.508 e. The first-order valence-corrected chi connectivity index (χ1v) is 5.43. The van der Waals surface area contributed by atoms with Crippen LogP contribution >= 0.6 is 0 Å². The van der Waals surface area contributed by atoms with Crippen LogP contribution in [0.15, 0.2) is 24.3 Å². The highest BCUT2D eigenvalue weighted by molar-refractivity contribution is 6.35. The molecule has 0 bridgehead atoms. The van der Waals surface area contributed by atoms with E-state index in [0.29, 0.717) is 12.1 Å². The molecule has 1 rings (SSSR count). The first kappa shape index (κ1) is 13.7. The van der Waals surface area contributed by atoms with Gasteiger partial charge in [-0.1, -0.05) is 0 Å². The van der Waals surface area contributed by atoms with E-state index in [4.69, 9.17) is 5.11 Å². The molecule has 3 N–H and O–H groups in total. The van der Waals surface area contributed by atoms with Crippen LogP contribution in [0.4, 0.5) is 0 Å². The molecule has 1 aromatic carbocycles. The highest BCUT2D eigenvalue weighted by Gasteiger charge is 2.13. The maximum Gasteiger partial charge on any atom is 0.309 e. The lowest BCUT2D eigenvalue weighted by atomic mass is 10.1. The maximum absolute atomic E-state index is 11.6. The fourth-order valence-corrected chi connectivity index (χ4v) is 1.23. The van der Waals surface area contributed by atoms with E-state index in [-0.39, 0.29) is 18.1 Å². The molecule has 6 nitrogen and oxygen atoms in total. The second-order valence-electron chi connectivity index (χ2n) is 3.51. The van der Waals surface area contributed by atoms with Crippen molar-refractivity contribution in [2.45, 2.75) is 6.92 Å². The third-order valence-corrected chi connectivity index (χ3v) is 2.14. The maximum atomic E-state index is 11.6. The van der Waals surface area contributed by atoms with Gasteiger partial charge in [0.15, 0.2) is 5.78 Å². The van der Waals surface area contributed by atoms with Gasteiger partial charge >= 0.3 is 11.8 Å². The lowest BCUT2D eigenvalue weighted by Crippen LogP contribution is -2.41. The number of ketones is 1. The molecule has 0 radical (unpaired) electrons. The molecule has 0 saturated carbocycles. The van der Waals surface area contributed by atoms with Crippen LogP contribution in [0.3, 0.4) is 0 Å². The molecule has 96 valence electrons. The van der Waals surface area contributed by atoms with Crippen molar-refractivity contribution in [3.63, 3.8) is 0 Å². The summed E-state index contributed by atoms with van der Waals surface area (Å²) in [6, 6.07) is 5.63. The second-order valence-corrected chi connectivity index (χ2v) is 3.51. The molecule has 6 heteroatoms. The number of aromatic hydroxyl groups is 1. The van der Waals surface area contributed by atoms with E-state index in [1.165, 1.54) is 24.3 Å². The lowest BCUT2D eigenvalue weighted by molar-refractivity contribution is -0.139. The number of amides is 2. The Morgan fingerprint density at radius 3 is 2.17 bits per heavy atom. The lowest BCUT2D eigenvalue weighted by Gasteiger charge is -2.04. The molecule has 2 amide bonds. The topological polar surface area (TPSA) is 95.5 Å². The van der Waals surface area contributed by atoms with Crippen LogP contribution < -0.4 is 10.6 Å². The Hall–Kier alpha value is -2.37. The minimum atomic E-state index is -0.844. The fourth-order valence-electron chi connectivity index (χ4n) is 1.23. The summed E-state index contributed by atoms with van der Waals surface area (Å²) in [5.74, 6) is -1.90. The van der Waals surface area contributed by atoms with Gasteiger partial charge in [-0.2, -0.15) is 0 Å². The molecule has 1 aromatic rings. The van der Waals surface area contributed by atoms with Crippen molar-refractivity contribution in [1.82, 2.24) is 10.6 Å². The normalized spacial score (nSPS) is 9.61.